The Balaban J connectivity index is 1.59. The van der Waals surface area contributed by atoms with Gasteiger partial charge in [-0.2, -0.15) is 0 Å². The van der Waals surface area contributed by atoms with Gasteiger partial charge in [0.05, 0.1) is 17.8 Å². The Morgan fingerprint density at radius 3 is 2.69 bits per heavy atom. The third-order valence-electron chi connectivity index (χ3n) is 5.76. The molecule has 1 unspecified atom stereocenters. The Hall–Kier alpha value is -3.49. The number of likely N-dealkylation sites (N-methyl/N-ethyl adjacent to an activating group) is 1. The fourth-order valence-electron chi connectivity index (χ4n) is 4.06. The van der Waals surface area contributed by atoms with E-state index < -0.39 is 5.91 Å². The first kappa shape index (κ1) is 24.6. The summed E-state index contributed by atoms with van der Waals surface area (Å²) in [5.41, 5.74) is 2.19. The summed E-state index contributed by atoms with van der Waals surface area (Å²) in [6, 6.07) is 14.4. The van der Waals surface area contributed by atoms with Gasteiger partial charge in [-0.1, -0.05) is 29.8 Å². The fraction of sp³-hybridized carbons (Fsp3) is 0.308. The molecule has 1 N–H and O–H groups in total. The summed E-state index contributed by atoms with van der Waals surface area (Å²) in [6.07, 6.45) is 2.51. The molecule has 1 aliphatic rings. The number of para-hydroxylation sites is 1. The third-order valence-corrected chi connectivity index (χ3v) is 6.01. The highest BCUT2D eigenvalue weighted by atomic mass is 35.5. The van der Waals surface area contributed by atoms with Gasteiger partial charge in [0, 0.05) is 30.4 Å². The minimum atomic E-state index is -0.404. The number of hydrogen-bond donors (Lipinski definition) is 1. The highest BCUT2D eigenvalue weighted by molar-refractivity contribution is 6.30. The Bertz CT molecular complexity index is 1190. The molecule has 4 rings (SSSR count). The molecule has 8 nitrogen and oxygen atoms in total. The first-order valence-corrected chi connectivity index (χ1v) is 11.8. The van der Waals surface area contributed by atoms with E-state index in [1.165, 1.54) is 18.6 Å². The molecule has 0 saturated carbocycles. The van der Waals surface area contributed by atoms with Crippen LogP contribution in [0.15, 0.2) is 61.1 Å². The van der Waals surface area contributed by atoms with E-state index in [9.17, 15) is 9.59 Å². The van der Waals surface area contributed by atoms with Gasteiger partial charge in [-0.25, -0.2) is 9.97 Å². The molecule has 1 aromatic heterocycles. The molecular weight excluding hydrogens is 466 g/mol. The highest BCUT2D eigenvalue weighted by Gasteiger charge is 2.32. The van der Waals surface area contributed by atoms with Crippen molar-refractivity contribution in [3.8, 4) is 5.75 Å². The molecule has 0 bridgehead atoms. The zero-order valence-electron chi connectivity index (χ0n) is 19.9. The lowest BCUT2D eigenvalue weighted by Gasteiger charge is -2.30. The highest BCUT2D eigenvalue weighted by Crippen LogP contribution is 2.34. The van der Waals surface area contributed by atoms with Crippen molar-refractivity contribution in [3.63, 3.8) is 0 Å². The predicted molar refractivity (Wildman–Crippen MR) is 135 cm³/mol. The van der Waals surface area contributed by atoms with Crippen LogP contribution in [0.4, 0.5) is 5.69 Å². The maximum Gasteiger partial charge on any atom is 0.274 e. The van der Waals surface area contributed by atoms with Crippen molar-refractivity contribution in [3.05, 3.63) is 82.9 Å². The quantitative estimate of drug-likeness (QED) is 0.532. The second-order valence-electron chi connectivity index (χ2n) is 8.85. The molecule has 2 heterocycles. The van der Waals surface area contributed by atoms with Gasteiger partial charge in [0.15, 0.2) is 5.75 Å². The van der Waals surface area contributed by atoms with Gasteiger partial charge in [0.2, 0.25) is 0 Å². The van der Waals surface area contributed by atoms with Gasteiger partial charge >= 0.3 is 0 Å². The second-order valence-corrected chi connectivity index (χ2v) is 9.28. The summed E-state index contributed by atoms with van der Waals surface area (Å²) >= 11 is 6.01. The van der Waals surface area contributed by atoms with Crippen LogP contribution >= 0.6 is 11.6 Å². The first-order valence-electron chi connectivity index (χ1n) is 11.4. The largest absolute Gasteiger partial charge is 0.484 e. The van der Waals surface area contributed by atoms with Crippen molar-refractivity contribution in [1.82, 2.24) is 19.8 Å². The third kappa shape index (κ3) is 5.96. The van der Waals surface area contributed by atoms with Gasteiger partial charge in [-0.05, 0) is 56.8 Å². The lowest BCUT2D eigenvalue weighted by atomic mass is 10.1. The number of amides is 2. The van der Waals surface area contributed by atoms with E-state index in [4.69, 9.17) is 16.3 Å². The number of nitrogens with one attached hydrogen (secondary N) is 1. The molecule has 182 valence electrons. The molecule has 0 radical (unpaired) electrons. The van der Waals surface area contributed by atoms with E-state index in [1.54, 1.807) is 18.2 Å². The number of anilines is 1. The van der Waals surface area contributed by atoms with Crippen LogP contribution in [0.5, 0.6) is 5.75 Å². The zero-order valence-corrected chi connectivity index (χ0v) is 20.7. The molecule has 1 aliphatic heterocycles. The first-order chi connectivity index (χ1) is 16.8. The van der Waals surface area contributed by atoms with Crippen LogP contribution < -0.4 is 10.1 Å². The number of rotatable bonds is 7. The van der Waals surface area contributed by atoms with Crippen LogP contribution in [0.25, 0.3) is 0 Å². The summed E-state index contributed by atoms with van der Waals surface area (Å²) < 4.78 is 6.43. The molecule has 0 saturated heterocycles. The minimum absolute atomic E-state index is 0.0135. The number of aromatic nitrogens is 2. The van der Waals surface area contributed by atoms with E-state index in [0.717, 1.165) is 5.56 Å². The summed E-state index contributed by atoms with van der Waals surface area (Å²) in [5, 5.41) is 3.54. The van der Waals surface area contributed by atoms with Crippen molar-refractivity contribution in [2.24, 2.45) is 0 Å². The fourth-order valence-corrected chi connectivity index (χ4v) is 4.18. The predicted octanol–water partition coefficient (Wildman–Crippen LogP) is 4.13. The minimum Gasteiger partial charge on any atom is -0.484 e. The number of ether oxygens (including phenoxy) is 1. The molecular formula is C26H28ClN5O3. The monoisotopic (exact) mass is 493 g/mol. The molecule has 1 atom stereocenters. The summed E-state index contributed by atoms with van der Waals surface area (Å²) in [7, 11) is 2.01. The van der Waals surface area contributed by atoms with E-state index in [-0.39, 0.29) is 23.7 Å². The number of benzene rings is 2. The average molecular weight is 494 g/mol. The van der Waals surface area contributed by atoms with Crippen LogP contribution in [0.1, 0.15) is 40.3 Å². The molecule has 2 amide bonds. The number of hydrogen-bond acceptors (Lipinski definition) is 6. The summed E-state index contributed by atoms with van der Waals surface area (Å²) in [6.45, 7) is 5.67. The SMILES string of the molecule is CC(C)N1CC(CN(C)Cc2ccc(Cl)cc2)Oc2c(NC(=O)c3ccncn3)cccc2C1=O. The van der Waals surface area contributed by atoms with Gasteiger partial charge in [-0.15, -0.1) is 0 Å². The number of carbonyl (C=O) groups excluding carboxylic acids is 2. The smallest absolute Gasteiger partial charge is 0.274 e. The van der Waals surface area contributed by atoms with Crippen molar-refractivity contribution in [2.45, 2.75) is 32.5 Å². The zero-order chi connectivity index (χ0) is 24.9. The van der Waals surface area contributed by atoms with E-state index in [2.05, 4.69) is 20.2 Å². The standard InChI is InChI=1S/C26H28ClN5O3/c1-17(2)32-15-20(14-31(3)13-18-7-9-19(27)10-8-18)35-24-21(26(32)34)5-4-6-22(24)30-25(33)23-11-12-28-16-29-23/h4-12,16-17,20H,13-15H2,1-3H3,(H,30,33). The van der Waals surface area contributed by atoms with Gasteiger partial charge < -0.3 is 15.0 Å². The Morgan fingerprint density at radius 2 is 2.00 bits per heavy atom. The van der Waals surface area contributed by atoms with Crippen LogP contribution in [0.2, 0.25) is 5.02 Å². The number of carbonyl (C=O) groups is 2. The van der Waals surface area contributed by atoms with Gasteiger partial charge in [0.25, 0.3) is 11.8 Å². The Labute approximate surface area is 209 Å². The molecule has 2 aromatic carbocycles. The molecule has 3 aromatic rings. The van der Waals surface area contributed by atoms with Crippen molar-refractivity contribution < 1.29 is 14.3 Å². The Kier molecular flexibility index (Phi) is 7.63. The van der Waals surface area contributed by atoms with Gasteiger partial charge in [-0.3, -0.25) is 14.5 Å². The van der Waals surface area contributed by atoms with Crippen LogP contribution in [-0.4, -0.2) is 63.9 Å². The summed E-state index contributed by atoms with van der Waals surface area (Å²) in [5.74, 6) is -0.165. The molecule has 0 fully saturated rings. The lowest BCUT2D eigenvalue weighted by Crippen LogP contribution is -2.45. The lowest BCUT2D eigenvalue weighted by molar-refractivity contribution is 0.0605. The van der Waals surface area contributed by atoms with Crippen molar-refractivity contribution in [2.75, 3.05) is 25.5 Å². The number of nitrogens with zero attached hydrogens (tertiary/aromatic N) is 4. The number of fused-ring (bicyclic) bond motifs is 1. The maximum absolute atomic E-state index is 13.4. The average Bonchev–Trinajstić information content (AvgIpc) is 2.98. The topological polar surface area (TPSA) is 87.7 Å². The van der Waals surface area contributed by atoms with E-state index in [1.807, 2.05) is 50.1 Å². The van der Waals surface area contributed by atoms with E-state index >= 15 is 0 Å². The molecule has 0 aliphatic carbocycles. The molecule has 35 heavy (non-hydrogen) atoms. The molecule has 0 spiro atoms. The van der Waals surface area contributed by atoms with Crippen molar-refractivity contribution in [1.29, 1.82) is 0 Å². The Morgan fingerprint density at radius 1 is 1.23 bits per heavy atom. The second kappa shape index (κ2) is 10.8. The summed E-state index contributed by atoms with van der Waals surface area (Å²) in [4.78, 5) is 38.0. The van der Waals surface area contributed by atoms with E-state index in [0.29, 0.717) is 41.7 Å². The van der Waals surface area contributed by atoms with Crippen LogP contribution in [0.3, 0.4) is 0 Å². The number of halogens is 1. The molecule has 9 heteroatoms. The van der Waals surface area contributed by atoms with Gasteiger partial charge in [0.1, 0.15) is 18.1 Å². The maximum atomic E-state index is 13.4. The van der Waals surface area contributed by atoms with Crippen LogP contribution in [0, 0.1) is 0 Å². The normalized spacial score (nSPS) is 15.5. The van der Waals surface area contributed by atoms with Crippen molar-refractivity contribution >= 4 is 29.1 Å². The van der Waals surface area contributed by atoms with Crippen LogP contribution in [-0.2, 0) is 6.54 Å².